The molecule has 4 rings (SSSR count). The van der Waals surface area contributed by atoms with Crippen LogP contribution in [0.25, 0.3) is 27.8 Å². The molecule has 4 aromatic rings. The number of hydrogen-bond donors (Lipinski definition) is 0. The van der Waals surface area contributed by atoms with E-state index in [4.69, 9.17) is 4.42 Å². The highest BCUT2D eigenvalue weighted by atomic mass is 19.4. The summed E-state index contributed by atoms with van der Waals surface area (Å²) in [6.45, 7) is 0. The molecular formula is C22H9F8NO3. The average molecular weight is 487 g/mol. The summed E-state index contributed by atoms with van der Waals surface area (Å²) in [5.74, 6) is -3.41. The molecule has 0 spiro atoms. The monoisotopic (exact) mass is 487 g/mol. The summed E-state index contributed by atoms with van der Waals surface area (Å²) in [5.41, 5.74) is -6.30. The third-order valence-corrected chi connectivity index (χ3v) is 4.87. The van der Waals surface area contributed by atoms with Crippen molar-refractivity contribution in [1.82, 2.24) is 4.57 Å². The minimum Gasteiger partial charge on any atom is -0.409 e. The fourth-order valence-corrected chi connectivity index (χ4v) is 3.31. The first-order valence-corrected chi connectivity index (χ1v) is 9.21. The van der Waals surface area contributed by atoms with Crippen molar-refractivity contribution in [3.05, 3.63) is 98.3 Å². The molecule has 0 aliphatic heterocycles. The van der Waals surface area contributed by atoms with Gasteiger partial charge in [-0.15, -0.1) is 0 Å². The maximum atomic E-state index is 14.1. The van der Waals surface area contributed by atoms with E-state index < -0.39 is 57.5 Å². The second kappa shape index (κ2) is 7.82. The highest BCUT2D eigenvalue weighted by Crippen LogP contribution is 2.37. The van der Waals surface area contributed by atoms with Gasteiger partial charge in [-0.3, -0.25) is 4.79 Å². The van der Waals surface area contributed by atoms with Gasteiger partial charge in [-0.25, -0.2) is 18.1 Å². The molecule has 1 aromatic heterocycles. The van der Waals surface area contributed by atoms with Crippen LogP contribution in [0.2, 0.25) is 0 Å². The average Bonchev–Trinajstić information content (AvgIpc) is 2.72. The Balaban J connectivity index is 2.00. The fraction of sp³-hybridized carbons (Fsp3) is 0.0909. The number of alkyl halides is 6. The van der Waals surface area contributed by atoms with Gasteiger partial charge < -0.3 is 4.42 Å². The van der Waals surface area contributed by atoms with Gasteiger partial charge in [0, 0.05) is 11.6 Å². The Bertz CT molecular complexity index is 1520. The highest BCUT2D eigenvalue weighted by molar-refractivity contribution is 5.82. The Hall–Kier alpha value is -3.96. The van der Waals surface area contributed by atoms with E-state index in [0.717, 1.165) is 24.3 Å². The first-order valence-electron chi connectivity index (χ1n) is 9.21. The molecule has 0 aliphatic carbocycles. The van der Waals surface area contributed by atoms with Crippen molar-refractivity contribution in [2.45, 2.75) is 12.4 Å². The second-order valence-corrected chi connectivity index (χ2v) is 7.11. The van der Waals surface area contributed by atoms with Crippen molar-refractivity contribution in [2.24, 2.45) is 0 Å². The number of hydrogen-bond acceptors (Lipinski definition) is 3. The zero-order valence-corrected chi connectivity index (χ0v) is 16.4. The van der Waals surface area contributed by atoms with Crippen molar-refractivity contribution in [3.63, 3.8) is 0 Å². The Kier molecular flexibility index (Phi) is 5.34. The molecule has 0 bridgehead atoms. The van der Waals surface area contributed by atoms with Crippen molar-refractivity contribution in [2.75, 3.05) is 0 Å². The maximum Gasteiger partial charge on any atom is 0.426 e. The molecule has 1 heterocycles. The molecule has 0 amide bonds. The van der Waals surface area contributed by atoms with Crippen LogP contribution in [0.4, 0.5) is 35.1 Å². The number of fused-ring (bicyclic) bond motifs is 1. The summed E-state index contributed by atoms with van der Waals surface area (Å²) in [4.78, 5) is 25.3. The summed E-state index contributed by atoms with van der Waals surface area (Å²) in [6, 6.07) is 6.15. The third kappa shape index (κ3) is 4.18. The number of nitrogens with zero attached hydrogens (tertiary/aromatic N) is 1. The van der Waals surface area contributed by atoms with Crippen molar-refractivity contribution < 1.29 is 39.5 Å². The van der Waals surface area contributed by atoms with Crippen LogP contribution >= 0.6 is 0 Å². The number of rotatable bonds is 2. The first kappa shape index (κ1) is 23.2. The fourth-order valence-electron chi connectivity index (χ4n) is 3.31. The normalized spacial score (nSPS) is 12.4. The minimum absolute atomic E-state index is 0.0115. The van der Waals surface area contributed by atoms with E-state index >= 15 is 0 Å². The van der Waals surface area contributed by atoms with E-state index in [2.05, 4.69) is 0 Å². The van der Waals surface area contributed by atoms with Crippen LogP contribution in [-0.4, -0.2) is 4.57 Å². The minimum atomic E-state index is -5.22. The van der Waals surface area contributed by atoms with Crippen LogP contribution in [-0.2, 0) is 12.4 Å². The first-order chi connectivity index (χ1) is 15.8. The van der Waals surface area contributed by atoms with E-state index in [1.807, 2.05) is 0 Å². The molecule has 0 atom stereocenters. The molecule has 34 heavy (non-hydrogen) atoms. The quantitative estimate of drug-likeness (QED) is 0.330. The van der Waals surface area contributed by atoms with Crippen LogP contribution in [0.3, 0.4) is 0 Å². The molecule has 0 unspecified atom stereocenters. The predicted molar refractivity (Wildman–Crippen MR) is 103 cm³/mol. The van der Waals surface area contributed by atoms with E-state index in [0.29, 0.717) is 6.07 Å². The topological polar surface area (TPSA) is 52.2 Å². The number of benzene rings is 3. The summed E-state index contributed by atoms with van der Waals surface area (Å²) in [6.07, 6.45) is -10.4. The molecule has 3 aromatic carbocycles. The summed E-state index contributed by atoms with van der Waals surface area (Å²) >= 11 is 0. The molecule has 0 saturated carbocycles. The molecular weight excluding hydrogens is 478 g/mol. The summed E-state index contributed by atoms with van der Waals surface area (Å²) in [5, 5.41) is -0.438. The predicted octanol–water partition coefficient (Wildman–Crippen LogP) is 5.93. The van der Waals surface area contributed by atoms with Gasteiger partial charge in [0.2, 0.25) is 0 Å². The number of halogens is 8. The number of aromatic nitrogens is 1. The highest BCUT2D eigenvalue weighted by Gasteiger charge is 2.37. The Labute approximate surface area is 183 Å². The van der Waals surface area contributed by atoms with Crippen LogP contribution in [0.15, 0.2) is 68.6 Å². The van der Waals surface area contributed by atoms with Crippen LogP contribution in [0.1, 0.15) is 11.1 Å². The van der Waals surface area contributed by atoms with Gasteiger partial charge in [0.1, 0.15) is 17.2 Å². The maximum absolute atomic E-state index is 14.1. The van der Waals surface area contributed by atoms with Crippen molar-refractivity contribution in [1.29, 1.82) is 0 Å². The zero-order chi connectivity index (χ0) is 25.0. The largest absolute Gasteiger partial charge is 0.426 e. The standard InChI is InChI=1S/C22H9F8NO3/c23-13-2-3-15(17(24)9-13)10-1-4-18-16(5-10)19(32)31(20(33)34-18)14-7-11(21(25,26)27)6-12(8-14)22(28,29)30/h1-9H. The van der Waals surface area contributed by atoms with Gasteiger partial charge >= 0.3 is 18.1 Å². The Morgan fingerprint density at radius 1 is 0.735 bits per heavy atom. The Morgan fingerprint density at radius 2 is 1.35 bits per heavy atom. The van der Waals surface area contributed by atoms with Gasteiger partial charge in [-0.05, 0) is 48.0 Å². The van der Waals surface area contributed by atoms with Crippen LogP contribution in [0.5, 0.6) is 0 Å². The SMILES string of the molecule is O=c1oc2ccc(-c3ccc(F)cc3F)cc2c(=O)n1-c1cc(C(F)(F)F)cc(C(F)(F)F)c1. The summed E-state index contributed by atoms with van der Waals surface area (Å²) < 4.78 is 111. The lowest BCUT2D eigenvalue weighted by Crippen LogP contribution is -2.31. The molecule has 4 nitrogen and oxygen atoms in total. The molecule has 12 heteroatoms. The van der Waals surface area contributed by atoms with Crippen LogP contribution in [0, 0.1) is 11.6 Å². The molecule has 0 N–H and O–H groups in total. The van der Waals surface area contributed by atoms with E-state index in [1.165, 1.54) is 6.07 Å². The molecule has 176 valence electrons. The van der Waals surface area contributed by atoms with Gasteiger partial charge in [0.05, 0.1) is 22.2 Å². The van der Waals surface area contributed by atoms with Crippen molar-refractivity contribution >= 4 is 11.0 Å². The second-order valence-electron chi connectivity index (χ2n) is 7.11. The lowest BCUT2D eigenvalue weighted by atomic mass is 10.0. The van der Waals surface area contributed by atoms with Gasteiger partial charge in [0.25, 0.3) is 5.56 Å². The lowest BCUT2D eigenvalue weighted by Gasteiger charge is -2.15. The molecule has 0 fully saturated rings. The lowest BCUT2D eigenvalue weighted by molar-refractivity contribution is -0.143. The van der Waals surface area contributed by atoms with E-state index in [-0.39, 0.29) is 39.5 Å². The summed E-state index contributed by atoms with van der Waals surface area (Å²) in [7, 11) is 0. The third-order valence-electron chi connectivity index (χ3n) is 4.87. The molecule has 0 radical (unpaired) electrons. The van der Waals surface area contributed by atoms with Crippen LogP contribution < -0.4 is 11.3 Å². The van der Waals surface area contributed by atoms with Gasteiger partial charge in [0.15, 0.2) is 0 Å². The smallest absolute Gasteiger partial charge is 0.409 e. The zero-order valence-electron chi connectivity index (χ0n) is 16.4. The van der Waals surface area contributed by atoms with E-state index in [1.54, 1.807) is 0 Å². The molecule has 0 aliphatic rings. The molecule has 0 saturated heterocycles. The van der Waals surface area contributed by atoms with Gasteiger partial charge in [-0.2, -0.15) is 26.3 Å². The van der Waals surface area contributed by atoms with Crippen molar-refractivity contribution in [3.8, 4) is 16.8 Å². The Morgan fingerprint density at radius 3 is 1.91 bits per heavy atom. The van der Waals surface area contributed by atoms with Gasteiger partial charge in [-0.1, -0.05) is 6.07 Å². The van der Waals surface area contributed by atoms with E-state index in [9.17, 15) is 44.7 Å².